The van der Waals surface area contributed by atoms with Gasteiger partial charge in [0.2, 0.25) is 0 Å². The summed E-state index contributed by atoms with van der Waals surface area (Å²) in [5, 5.41) is 3.74. The largest absolute Gasteiger partial charge is 0.309 e. The molecule has 2 aliphatic rings. The molecule has 0 radical (unpaired) electrons. The second-order valence-corrected chi connectivity index (χ2v) is 4.79. The highest BCUT2D eigenvalue weighted by molar-refractivity contribution is 4.96. The van der Waals surface area contributed by atoms with Crippen molar-refractivity contribution < 1.29 is 0 Å². The van der Waals surface area contributed by atoms with Gasteiger partial charge in [0.1, 0.15) is 0 Å². The minimum atomic E-state index is 0.755. The fourth-order valence-electron chi connectivity index (χ4n) is 2.26. The molecule has 0 aromatic heterocycles. The molecule has 1 saturated carbocycles. The van der Waals surface area contributed by atoms with E-state index in [1.54, 1.807) is 0 Å². The molecule has 1 aliphatic carbocycles. The van der Waals surface area contributed by atoms with Crippen molar-refractivity contribution in [2.24, 2.45) is 11.8 Å². The fourth-order valence-corrected chi connectivity index (χ4v) is 2.26. The first kappa shape index (κ1) is 8.52. The number of nitrogens with one attached hydrogen (secondary N) is 1. The molecular formula is C10H20N2. The van der Waals surface area contributed by atoms with Crippen molar-refractivity contribution in [2.75, 3.05) is 20.1 Å². The van der Waals surface area contributed by atoms with Gasteiger partial charge >= 0.3 is 0 Å². The lowest BCUT2D eigenvalue weighted by atomic mass is 10.1. The Morgan fingerprint density at radius 3 is 2.17 bits per heavy atom. The smallest absolute Gasteiger partial charge is 0.0235 e. The van der Waals surface area contributed by atoms with Gasteiger partial charge in [0.15, 0.2) is 0 Å². The summed E-state index contributed by atoms with van der Waals surface area (Å²) < 4.78 is 0. The number of hydrogen-bond acceptors (Lipinski definition) is 2. The minimum absolute atomic E-state index is 0.755. The standard InChI is InChI=1S/C10H20N2/c1-7-4-9(7)11-10-6-12(3)5-8(10)2/h7-11H,4-6H2,1-3H3. The van der Waals surface area contributed by atoms with Gasteiger partial charge in [0, 0.05) is 25.2 Å². The summed E-state index contributed by atoms with van der Waals surface area (Å²) in [4.78, 5) is 2.43. The van der Waals surface area contributed by atoms with Crippen LogP contribution < -0.4 is 5.32 Å². The Balaban J connectivity index is 1.80. The summed E-state index contributed by atoms with van der Waals surface area (Å²) in [6.07, 6.45) is 1.40. The molecule has 0 bridgehead atoms. The molecule has 0 spiro atoms. The maximum atomic E-state index is 3.74. The van der Waals surface area contributed by atoms with Crippen LogP contribution in [0.5, 0.6) is 0 Å². The van der Waals surface area contributed by atoms with Gasteiger partial charge in [-0.2, -0.15) is 0 Å². The Bertz CT molecular complexity index is 169. The van der Waals surface area contributed by atoms with E-state index < -0.39 is 0 Å². The molecule has 4 unspecified atom stereocenters. The van der Waals surface area contributed by atoms with E-state index >= 15 is 0 Å². The molecule has 12 heavy (non-hydrogen) atoms. The van der Waals surface area contributed by atoms with Crippen molar-refractivity contribution in [1.82, 2.24) is 10.2 Å². The van der Waals surface area contributed by atoms with Crippen LogP contribution in [0, 0.1) is 11.8 Å². The summed E-state index contributed by atoms with van der Waals surface area (Å²) in [6, 6.07) is 1.59. The summed E-state index contributed by atoms with van der Waals surface area (Å²) in [5.74, 6) is 1.77. The van der Waals surface area contributed by atoms with E-state index in [9.17, 15) is 0 Å². The van der Waals surface area contributed by atoms with Gasteiger partial charge in [0.05, 0.1) is 0 Å². The van der Waals surface area contributed by atoms with Crippen LogP contribution >= 0.6 is 0 Å². The van der Waals surface area contributed by atoms with Crippen molar-refractivity contribution in [3.8, 4) is 0 Å². The molecule has 1 aliphatic heterocycles. The third-order valence-electron chi connectivity index (χ3n) is 3.33. The third-order valence-corrected chi connectivity index (χ3v) is 3.33. The van der Waals surface area contributed by atoms with Crippen LogP contribution in [0.1, 0.15) is 20.3 Å². The lowest BCUT2D eigenvalue weighted by Gasteiger charge is -2.15. The average Bonchev–Trinajstić information content (AvgIpc) is 2.55. The fraction of sp³-hybridized carbons (Fsp3) is 1.00. The molecule has 1 N–H and O–H groups in total. The monoisotopic (exact) mass is 168 g/mol. The van der Waals surface area contributed by atoms with Gasteiger partial charge in [-0.05, 0) is 25.3 Å². The van der Waals surface area contributed by atoms with Crippen LogP contribution in [0.4, 0.5) is 0 Å². The van der Waals surface area contributed by atoms with Gasteiger partial charge in [-0.25, -0.2) is 0 Å². The topological polar surface area (TPSA) is 15.3 Å². The van der Waals surface area contributed by atoms with Gasteiger partial charge in [-0.3, -0.25) is 0 Å². The van der Waals surface area contributed by atoms with Crippen molar-refractivity contribution in [3.05, 3.63) is 0 Å². The normalized spacial score (nSPS) is 48.2. The van der Waals surface area contributed by atoms with Crippen LogP contribution in [0.3, 0.4) is 0 Å². The van der Waals surface area contributed by atoms with E-state index in [0.717, 1.165) is 23.9 Å². The van der Waals surface area contributed by atoms with E-state index in [0.29, 0.717) is 0 Å². The number of likely N-dealkylation sites (tertiary alicyclic amines) is 1. The summed E-state index contributed by atoms with van der Waals surface area (Å²) in [5.41, 5.74) is 0. The van der Waals surface area contributed by atoms with E-state index in [1.165, 1.54) is 19.5 Å². The molecule has 2 heteroatoms. The van der Waals surface area contributed by atoms with Gasteiger partial charge in [0.25, 0.3) is 0 Å². The maximum absolute atomic E-state index is 3.74. The first-order chi connectivity index (χ1) is 5.66. The van der Waals surface area contributed by atoms with Crippen molar-refractivity contribution in [1.29, 1.82) is 0 Å². The Hall–Kier alpha value is -0.0800. The molecule has 0 amide bonds. The molecule has 0 aromatic carbocycles. The predicted octanol–water partition coefficient (Wildman–Crippen LogP) is 0.934. The zero-order valence-electron chi connectivity index (χ0n) is 8.38. The van der Waals surface area contributed by atoms with E-state index in [4.69, 9.17) is 0 Å². The van der Waals surface area contributed by atoms with Gasteiger partial charge < -0.3 is 10.2 Å². The van der Waals surface area contributed by atoms with Crippen molar-refractivity contribution in [2.45, 2.75) is 32.4 Å². The average molecular weight is 168 g/mol. The molecule has 2 fully saturated rings. The van der Waals surface area contributed by atoms with Gasteiger partial charge in [-0.15, -0.1) is 0 Å². The molecule has 2 nitrogen and oxygen atoms in total. The first-order valence-electron chi connectivity index (χ1n) is 5.11. The second-order valence-electron chi connectivity index (χ2n) is 4.79. The molecule has 4 atom stereocenters. The van der Waals surface area contributed by atoms with Crippen LogP contribution in [-0.4, -0.2) is 37.1 Å². The number of likely N-dealkylation sites (N-methyl/N-ethyl adjacent to an activating group) is 1. The van der Waals surface area contributed by atoms with Crippen LogP contribution in [0.25, 0.3) is 0 Å². The predicted molar refractivity (Wildman–Crippen MR) is 51.2 cm³/mol. The molecule has 1 saturated heterocycles. The highest BCUT2D eigenvalue weighted by Crippen LogP contribution is 2.31. The molecule has 2 rings (SSSR count). The number of hydrogen-bond donors (Lipinski definition) is 1. The van der Waals surface area contributed by atoms with Gasteiger partial charge in [-0.1, -0.05) is 13.8 Å². The van der Waals surface area contributed by atoms with E-state index in [2.05, 4.69) is 31.1 Å². The quantitative estimate of drug-likeness (QED) is 0.660. The summed E-state index contributed by atoms with van der Waals surface area (Å²) in [7, 11) is 2.22. The summed E-state index contributed by atoms with van der Waals surface area (Å²) >= 11 is 0. The van der Waals surface area contributed by atoms with Crippen molar-refractivity contribution in [3.63, 3.8) is 0 Å². The highest BCUT2D eigenvalue weighted by Gasteiger charge is 2.37. The lowest BCUT2D eigenvalue weighted by Crippen LogP contribution is -2.37. The Labute approximate surface area is 75.3 Å². The minimum Gasteiger partial charge on any atom is -0.309 e. The zero-order chi connectivity index (χ0) is 8.72. The number of nitrogens with zero attached hydrogens (tertiary/aromatic N) is 1. The Kier molecular flexibility index (Phi) is 2.13. The van der Waals surface area contributed by atoms with Crippen LogP contribution in [-0.2, 0) is 0 Å². The van der Waals surface area contributed by atoms with Crippen molar-refractivity contribution >= 4 is 0 Å². The SMILES string of the molecule is CC1CC1NC1CN(C)CC1C. The first-order valence-corrected chi connectivity index (χ1v) is 5.11. The molecule has 1 heterocycles. The number of rotatable bonds is 2. The molecule has 0 aromatic rings. The zero-order valence-corrected chi connectivity index (χ0v) is 8.38. The molecular weight excluding hydrogens is 148 g/mol. The maximum Gasteiger partial charge on any atom is 0.0235 e. The Morgan fingerprint density at radius 2 is 1.75 bits per heavy atom. The second kappa shape index (κ2) is 3.00. The third kappa shape index (κ3) is 1.64. The highest BCUT2D eigenvalue weighted by atomic mass is 15.2. The van der Waals surface area contributed by atoms with Crippen LogP contribution in [0.2, 0.25) is 0 Å². The molecule has 70 valence electrons. The van der Waals surface area contributed by atoms with E-state index in [1.807, 2.05) is 0 Å². The Morgan fingerprint density at radius 1 is 1.08 bits per heavy atom. The lowest BCUT2D eigenvalue weighted by molar-refractivity contribution is 0.395. The van der Waals surface area contributed by atoms with E-state index in [-0.39, 0.29) is 0 Å². The van der Waals surface area contributed by atoms with Crippen LogP contribution in [0.15, 0.2) is 0 Å². The summed E-state index contributed by atoms with van der Waals surface area (Å²) in [6.45, 7) is 7.19.